The van der Waals surface area contributed by atoms with Crippen molar-refractivity contribution in [3.05, 3.63) is 64.8 Å². The molecule has 1 heterocycles. The number of benzene rings is 2. The second-order valence-electron chi connectivity index (χ2n) is 8.05. The third kappa shape index (κ3) is 5.77. The molecule has 0 atom stereocenters. The molecule has 3 N–H and O–H groups in total. The minimum atomic E-state index is -0.341. The first-order valence-corrected chi connectivity index (χ1v) is 10.7. The number of hydrogen-bond donors (Lipinski definition) is 2. The number of aromatic nitrogens is 1. The van der Waals surface area contributed by atoms with Crippen molar-refractivity contribution in [2.45, 2.75) is 43.8 Å². The van der Waals surface area contributed by atoms with Crippen LogP contribution in [0.4, 0.5) is 0 Å². The van der Waals surface area contributed by atoms with Gasteiger partial charge in [0.1, 0.15) is 11.5 Å². The molecule has 1 aliphatic rings. The third-order valence-corrected chi connectivity index (χ3v) is 6.36. The Bertz CT molecular complexity index is 1020. The highest BCUT2D eigenvalue weighted by molar-refractivity contribution is 6.31. The van der Waals surface area contributed by atoms with Crippen LogP contribution in [0.5, 0.6) is 11.5 Å². The van der Waals surface area contributed by atoms with Gasteiger partial charge in [-0.15, -0.1) is 24.8 Å². The standard InChI is InChI=1S/C24H28ClN3O2.2ClH/c1-29-19-11-16(12-20(14-19)30-2)15-28-18-5-8-24(26,9-6-18)22-7-10-27-23-13-17(25)3-4-21(22)23;;/h3-4,7,10-14,18,28H,5-6,8-9,15,26H2,1-2H3;2*1H. The topological polar surface area (TPSA) is 69.4 Å². The summed E-state index contributed by atoms with van der Waals surface area (Å²) in [6, 6.07) is 14.3. The molecular weight excluding hydrogens is 469 g/mol. The van der Waals surface area contributed by atoms with Crippen LogP contribution in [-0.4, -0.2) is 25.2 Å². The average Bonchev–Trinajstić information content (AvgIpc) is 2.77. The molecule has 8 heteroatoms. The minimum absolute atomic E-state index is 0. The Morgan fingerprint density at radius 2 is 1.69 bits per heavy atom. The van der Waals surface area contributed by atoms with Crippen molar-refractivity contribution < 1.29 is 9.47 Å². The van der Waals surface area contributed by atoms with E-state index >= 15 is 0 Å². The van der Waals surface area contributed by atoms with E-state index in [2.05, 4.69) is 16.4 Å². The fourth-order valence-electron chi connectivity index (χ4n) is 4.39. The molecule has 0 radical (unpaired) electrons. The van der Waals surface area contributed by atoms with Crippen molar-refractivity contribution >= 4 is 47.3 Å². The van der Waals surface area contributed by atoms with E-state index in [1.54, 1.807) is 14.2 Å². The Morgan fingerprint density at radius 3 is 2.31 bits per heavy atom. The quantitative estimate of drug-likeness (QED) is 0.460. The Morgan fingerprint density at radius 1 is 1.03 bits per heavy atom. The number of nitrogens with zero attached hydrogens (tertiary/aromatic N) is 1. The number of hydrogen-bond acceptors (Lipinski definition) is 5. The van der Waals surface area contributed by atoms with Gasteiger partial charge in [0.2, 0.25) is 0 Å². The summed E-state index contributed by atoms with van der Waals surface area (Å²) in [6.07, 6.45) is 5.73. The molecule has 1 saturated carbocycles. The zero-order valence-corrected chi connectivity index (χ0v) is 20.7. The Labute approximate surface area is 206 Å². The molecule has 0 amide bonds. The SMILES string of the molecule is COc1cc(CNC2CCC(N)(c3ccnc4cc(Cl)ccc34)CC2)cc(OC)c1.Cl.Cl. The number of fused-ring (bicyclic) bond motifs is 1. The molecule has 0 unspecified atom stereocenters. The van der Waals surface area contributed by atoms with Gasteiger partial charge in [-0.3, -0.25) is 4.98 Å². The minimum Gasteiger partial charge on any atom is -0.497 e. The summed E-state index contributed by atoms with van der Waals surface area (Å²) in [6.45, 7) is 0.770. The second-order valence-corrected chi connectivity index (χ2v) is 8.49. The number of rotatable bonds is 6. The van der Waals surface area contributed by atoms with Gasteiger partial charge in [-0.25, -0.2) is 0 Å². The van der Waals surface area contributed by atoms with Crippen LogP contribution in [0.3, 0.4) is 0 Å². The van der Waals surface area contributed by atoms with Gasteiger partial charge in [-0.2, -0.15) is 0 Å². The first kappa shape index (κ1) is 26.5. The van der Waals surface area contributed by atoms with Crippen LogP contribution < -0.4 is 20.5 Å². The van der Waals surface area contributed by atoms with E-state index in [-0.39, 0.29) is 30.4 Å². The molecule has 4 rings (SSSR count). The predicted molar refractivity (Wildman–Crippen MR) is 136 cm³/mol. The van der Waals surface area contributed by atoms with Crippen molar-refractivity contribution in [3.63, 3.8) is 0 Å². The van der Waals surface area contributed by atoms with Gasteiger partial charge in [0, 0.05) is 40.8 Å². The number of pyridine rings is 1. The molecule has 5 nitrogen and oxygen atoms in total. The van der Waals surface area contributed by atoms with Crippen molar-refractivity contribution in [2.24, 2.45) is 5.73 Å². The normalized spacial score (nSPS) is 20.2. The third-order valence-electron chi connectivity index (χ3n) is 6.13. The molecule has 1 aromatic heterocycles. The van der Waals surface area contributed by atoms with Crippen LogP contribution in [0.25, 0.3) is 10.9 Å². The zero-order valence-electron chi connectivity index (χ0n) is 18.3. The Kier molecular flexibility index (Phi) is 9.43. The van der Waals surface area contributed by atoms with Gasteiger partial charge in [0.05, 0.1) is 19.7 Å². The van der Waals surface area contributed by atoms with Crippen LogP contribution in [-0.2, 0) is 12.1 Å². The highest BCUT2D eigenvalue weighted by Gasteiger charge is 2.34. The monoisotopic (exact) mass is 497 g/mol. The molecule has 0 spiro atoms. The second kappa shape index (κ2) is 11.4. The van der Waals surface area contributed by atoms with Gasteiger partial charge < -0.3 is 20.5 Å². The zero-order chi connectivity index (χ0) is 21.1. The molecule has 0 bridgehead atoms. The van der Waals surface area contributed by atoms with E-state index < -0.39 is 0 Å². The lowest BCUT2D eigenvalue weighted by Crippen LogP contribution is -2.45. The number of methoxy groups -OCH3 is 2. The summed E-state index contributed by atoms with van der Waals surface area (Å²) in [4.78, 5) is 4.46. The van der Waals surface area contributed by atoms with Crippen LogP contribution in [0, 0.1) is 0 Å². The van der Waals surface area contributed by atoms with Gasteiger partial charge in [-0.05, 0) is 67.1 Å². The molecule has 1 fully saturated rings. The Hall–Kier alpha value is -1.76. The van der Waals surface area contributed by atoms with Crippen LogP contribution >= 0.6 is 36.4 Å². The first-order chi connectivity index (χ1) is 14.5. The summed E-state index contributed by atoms with van der Waals surface area (Å²) >= 11 is 6.14. The lowest BCUT2D eigenvalue weighted by atomic mass is 9.74. The lowest BCUT2D eigenvalue weighted by molar-refractivity contribution is 0.252. The Balaban J connectivity index is 0.00000181. The smallest absolute Gasteiger partial charge is 0.122 e. The fraction of sp³-hybridized carbons (Fsp3) is 0.375. The largest absolute Gasteiger partial charge is 0.497 e. The van der Waals surface area contributed by atoms with E-state index in [1.165, 1.54) is 5.56 Å². The molecule has 32 heavy (non-hydrogen) atoms. The highest BCUT2D eigenvalue weighted by Crippen LogP contribution is 2.38. The number of nitrogens with two attached hydrogens (primary N) is 1. The molecule has 174 valence electrons. The highest BCUT2D eigenvalue weighted by atomic mass is 35.5. The van der Waals surface area contributed by atoms with Gasteiger partial charge >= 0.3 is 0 Å². The maximum absolute atomic E-state index is 6.91. The van der Waals surface area contributed by atoms with E-state index in [4.69, 9.17) is 26.8 Å². The van der Waals surface area contributed by atoms with E-state index in [0.29, 0.717) is 11.1 Å². The van der Waals surface area contributed by atoms with Gasteiger partial charge in [-0.1, -0.05) is 17.7 Å². The lowest BCUT2D eigenvalue weighted by Gasteiger charge is -2.38. The average molecular weight is 499 g/mol. The van der Waals surface area contributed by atoms with Crippen molar-refractivity contribution in [3.8, 4) is 11.5 Å². The maximum atomic E-state index is 6.91. The van der Waals surface area contributed by atoms with E-state index in [1.807, 2.05) is 42.6 Å². The van der Waals surface area contributed by atoms with Crippen LogP contribution in [0.15, 0.2) is 48.7 Å². The number of ether oxygens (including phenoxy) is 2. The van der Waals surface area contributed by atoms with E-state index in [9.17, 15) is 0 Å². The van der Waals surface area contributed by atoms with Gasteiger partial charge in [0.15, 0.2) is 0 Å². The van der Waals surface area contributed by atoms with Crippen molar-refractivity contribution in [2.75, 3.05) is 14.2 Å². The summed E-state index contributed by atoms with van der Waals surface area (Å²) in [7, 11) is 3.34. The fourth-order valence-corrected chi connectivity index (χ4v) is 4.56. The molecule has 3 aromatic rings. The van der Waals surface area contributed by atoms with Crippen molar-refractivity contribution in [1.82, 2.24) is 10.3 Å². The molecule has 0 saturated heterocycles. The molecule has 1 aliphatic carbocycles. The summed E-state index contributed by atoms with van der Waals surface area (Å²) in [5.74, 6) is 1.61. The van der Waals surface area contributed by atoms with Crippen LogP contribution in [0.2, 0.25) is 5.02 Å². The predicted octanol–water partition coefficient (Wildman–Crippen LogP) is 5.64. The molecule has 0 aliphatic heterocycles. The summed E-state index contributed by atoms with van der Waals surface area (Å²) in [5, 5.41) is 5.47. The van der Waals surface area contributed by atoms with Crippen LogP contribution in [0.1, 0.15) is 36.8 Å². The summed E-state index contributed by atoms with van der Waals surface area (Å²) < 4.78 is 10.7. The number of nitrogens with one attached hydrogen (secondary N) is 1. The molecule has 2 aromatic carbocycles. The maximum Gasteiger partial charge on any atom is 0.122 e. The number of halogens is 3. The van der Waals surface area contributed by atoms with Gasteiger partial charge in [0.25, 0.3) is 0 Å². The van der Waals surface area contributed by atoms with E-state index in [0.717, 1.165) is 60.2 Å². The van der Waals surface area contributed by atoms with Crippen molar-refractivity contribution in [1.29, 1.82) is 0 Å². The summed E-state index contributed by atoms with van der Waals surface area (Å²) in [5.41, 5.74) is 9.78. The molecular formula is C24H30Cl3N3O2. The first-order valence-electron chi connectivity index (χ1n) is 10.3.